The van der Waals surface area contributed by atoms with Crippen LogP contribution in [0.3, 0.4) is 0 Å². The smallest absolute Gasteiger partial charge is 0.234 e. The molecule has 0 bridgehead atoms. The first-order chi connectivity index (χ1) is 9.11. The molecule has 98 valence electrons. The highest BCUT2D eigenvalue weighted by atomic mass is 32.1. The number of hydrogen-bond acceptors (Lipinski definition) is 2. The standard InChI is InChI=1S/C15H16N2OS/c1-2-13(14(16)19)15(18)17-12-8-7-10-5-3-4-6-11(10)9-12/h3-9,13H,2H2,1H3,(H2,16,19)(H,17,18). The molecule has 0 aromatic heterocycles. The van der Waals surface area contributed by atoms with Crippen LogP contribution >= 0.6 is 12.2 Å². The summed E-state index contributed by atoms with van der Waals surface area (Å²) in [6.45, 7) is 1.89. The number of nitrogens with two attached hydrogens (primary N) is 1. The van der Waals surface area contributed by atoms with Gasteiger partial charge in [0.1, 0.15) is 0 Å². The van der Waals surface area contributed by atoms with Gasteiger partial charge in [0.15, 0.2) is 0 Å². The topological polar surface area (TPSA) is 55.1 Å². The van der Waals surface area contributed by atoms with Crippen molar-refractivity contribution in [3.8, 4) is 0 Å². The molecule has 1 amide bonds. The third-order valence-electron chi connectivity index (χ3n) is 3.09. The zero-order chi connectivity index (χ0) is 13.8. The minimum absolute atomic E-state index is 0.148. The Labute approximate surface area is 117 Å². The van der Waals surface area contributed by atoms with Gasteiger partial charge in [-0.25, -0.2) is 0 Å². The fourth-order valence-electron chi connectivity index (χ4n) is 2.01. The van der Waals surface area contributed by atoms with E-state index < -0.39 is 5.92 Å². The molecular weight excluding hydrogens is 256 g/mol. The van der Waals surface area contributed by atoms with Gasteiger partial charge in [0.2, 0.25) is 5.91 Å². The van der Waals surface area contributed by atoms with Gasteiger partial charge in [-0.15, -0.1) is 0 Å². The van der Waals surface area contributed by atoms with Crippen molar-refractivity contribution in [2.75, 3.05) is 5.32 Å². The molecule has 0 saturated heterocycles. The highest BCUT2D eigenvalue weighted by Gasteiger charge is 2.19. The summed E-state index contributed by atoms with van der Waals surface area (Å²) in [6.07, 6.45) is 0.606. The number of nitrogens with one attached hydrogen (secondary N) is 1. The van der Waals surface area contributed by atoms with Crippen LogP contribution in [0.5, 0.6) is 0 Å². The van der Waals surface area contributed by atoms with E-state index in [9.17, 15) is 4.79 Å². The number of carbonyl (C=O) groups excluding carboxylic acids is 1. The Balaban J connectivity index is 2.21. The van der Waals surface area contributed by atoms with Crippen LogP contribution in [-0.2, 0) is 4.79 Å². The lowest BCUT2D eigenvalue weighted by Gasteiger charge is -2.13. The lowest BCUT2D eigenvalue weighted by atomic mass is 10.1. The average Bonchev–Trinajstić information content (AvgIpc) is 2.39. The van der Waals surface area contributed by atoms with Crippen molar-refractivity contribution in [2.24, 2.45) is 11.7 Å². The number of anilines is 1. The van der Waals surface area contributed by atoms with E-state index in [2.05, 4.69) is 5.32 Å². The summed E-state index contributed by atoms with van der Waals surface area (Å²) >= 11 is 4.90. The van der Waals surface area contributed by atoms with Gasteiger partial charge >= 0.3 is 0 Å². The number of hydrogen-bond donors (Lipinski definition) is 2. The second-order valence-corrected chi connectivity index (χ2v) is 4.89. The van der Waals surface area contributed by atoms with Gasteiger partial charge in [0, 0.05) is 5.69 Å². The summed E-state index contributed by atoms with van der Waals surface area (Å²) in [5.41, 5.74) is 6.33. The minimum Gasteiger partial charge on any atom is -0.393 e. The molecule has 4 heteroatoms. The van der Waals surface area contributed by atoms with E-state index in [0.29, 0.717) is 6.42 Å². The number of rotatable bonds is 4. The highest BCUT2D eigenvalue weighted by Crippen LogP contribution is 2.19. The van der Waals surface area contributed by atoms with E-state index in [1.165, 1.54) is 0 Å². The van der Waals surface area contributed by atoms with Crippen molar-refractivity contribution >= 4 is 39.6 Å². The molecule has 0 aliphatic rings. The number of amides is 1. The molecule has 0 aliphatic carbocycles. The fourth-order valence-corrected chi connectivity index (χ4v) is 2.29. The average molecular weight is 272 g/mol. The molecule has 0 heterocycles. The van der Waals surface area contributed by atoms with Crippen molar-refractivity contribution in [1.82, 2.24) is 0 Å². The van der Waals surface area contributed by atoms with E-state index in [0.717, 1.165) is 16.5 Å². The maximum Gasteiger partial charge on any atom is 0.234 e. The predicted octanol–water partition coefficient (Wildman–Crippen LogP) is 3.09. The van der Waals surface area contributed by atoms with Crippen LogP contribution in [-0.4, -0.2) is 10.9 Å². The zero-order valence-corrected chi connectivity index (χ0v) is 11.5. The number of thiocarbonyl (C=S) groups is 1. The Morgan fingerprint density at radius 2 is 1.95 bits per heavy atom. The van der Waals surface area contributed by atoms with Crippen molar-refractivity contribution in [2.45, 2.75) is 13.3 Å². The zero-order valence-electron chi connectivity index (χ0n) is 10.7. The van der Waals surface area contributed by atoms with Crippen LogP contribution in [0.15, 0.2) is 42.5 Å². The molecule has 0 aliphatic heterocycles. The summed E-state index contributed by atoms with van der Waals surface area (Å²) in [7, 11) is 0. The first kappa shape index (κ1) is 13.5. The highest BCUT2D eigenvalue weighted by molar-refractivity contribution is 7.80. The van der Waals surface area contributed by atoms with Crippen molar-refractivity contribution in [3.05, 3.63) is 42.5 Å². The number of carbonyl (C=O) groups is 1. The van der Waals surface area contributed by atoms with Crippen molar-refractivity contribution < 1.29 is 4.79 Å². The van der Waals surface area contributed by atoms with Gasteiger partial charge in [0.25, 0.3) is 0 Å². The van der Waals surface area contributed by atoms with Crippen LogP contribution in [0.4, 0.5) is 5.69 Å². The molecule has 1 atom stereocenters. The van der Waals surface area contributed by atoms with E-state index in [1.54, 1.807) is 0 Å². The van der Waals surface area contributed by atoms with Crippen LogP contribution in [0.2, 0.25) is 0 Å². The van der Waals surface area contributed by atoms with Gasteiger partial charge in [0.05, 0.1) is 10.9 Å². The van der Waals surface area contributed by atoms with E-state index in [4.69, 9.17) is 18.0 Å². The van der Waals surface area contributed by atoms with Gasteiger partial charge in [-0.1, -0.05) is 49.5 Å². The Morgan fingerprint density at radius 1 is 1.26 bits per heavy atom. The lowest BCUT2D eigenvalue weighted by Crippen LogP contribution is -2.32. The number of fused-ring (bicyclic) bond motifs is 1. The Bertz CT molecular complexity index is 624. The SMILES string of the molecule is CCC(C(=O)Nc1ccc2ccccc2c1)C(N)=S. The van der Waals surface area contributed by atoms with Crippen LogP contribution < -0.4 is 11.1 Å². The summed E-state index contributed by atoms with van der Waals surface area (Å²) in [4.78, 5) is 12.3. The first-order valence-corrected chi connectivity index (χ1v) is 6.61. The quantitative estimate of drug-likeness (QED) is 0.841. The lowest BCUT2D eigenvalue weighted by molar-refractivity contribution is -0.118. The third kappa shape index (κ3) is 3.09. The number of benzene rings is 2. The first-order valence-electron chi connectivity index (χ1n) is 6.21. The molecule has 0 fully saturated rings. The molecule has 3 N–H and O–H groups in total. The molecule has 3 nitrogen and oxygen atoms in total. The van der Waals surface area contributed by atoms with Crippen molar-refractivity contribution in [3.63, 3.8) is 0 Å². The molecule has 19 heavy (non-hydrogen) atoms. The maximum absolute atomic E-state index is 12.0. The molecule has 0 radical (unpaired) electrons. The summed E-state index contributed by atoms with van der Waals surface area (Å²) in [6, 6.07) is 13.8. The van der Waals surface area contributed by atoms with Crippen molar-refractivity contribution in [1.29, 1.82) is 0 Å². The maximum atomic E-state index is 12.0. The third-order valence-corrected chi connectivity index (χ3v) is 3.37. The van der Waals surface area contributed by atoms with Gasteiger partial charge in [-0.3, -0.25) is 4.79 Å². The Morgan fingerprint density at radius 3 is 2.58 bits per heavy atom. The Kier molecular flexibility index (Phi) is 4.12. The van der Waals surface area contributed by atoms with Gasteiger partial charge in [-0.2, -0.15) is 0 Å². The van der Waals surface area contributed by atoms with E-state index in [-0.39, 0.29) is 10.9 Å². The minimum atomic E-state index is -0.415. The predicted molar refractivity (Wildman–Crippen MR) is 83.1 cm³/mol. The molecule has 2 aromatic carbocycles. The normalized spacial score (nSPS) is 12.1. The molecule has 2 aromatic rings. The summed E-state index contributed by atoms with van der Waals surface area (Å²) < 4.78 is 0. The van der Waals surface area contributed by atoms with Crippen LogP contribution in [0.1, 0.15) is 13.3 Å². The molecule has 1 unspecified atom stereocenters. The van der Waals surface area contributed by atoms with E-state index in [1.807, 2.05) is 49.4 Å². The molecule has 0 saturated carbocycles. The second kappa shape index (κ2) is 5.80. The second-order valence-electron chi connectivity index (χ2n) is 4.41. The van der Waals surface area contributed by atoms with E-state index >= 15 is 0 Å². The molecule has 0 spiro atoms. The molecular formula is C15H16N2OS. The van der Waals surface area contributed by atoms with Crippen LogP contribution in [0, 0.1) is 5.92 Å². The summed E-state index contributed by atoms with van der Waals surface area (Å²) in [5.74, 6) is -0.563. The fraction of sp³-hybridized carbons (Fsp3) is 0.200. The largest absolute Gasteiger partial charge is 0.393 e. The Hall–Kier alpha value is -1.94. The summed E-state index contributed by atoms with van der Waals surface area (Å²) in [5, 5.41) is 5.09. The van der Waals surface area contributed by atoms with Crippen LogP contribution in [0.25, 0.3) is 10.8 Å². The van der Waals surface area contributed by atoms with Gasteiger partial charge < -0.3 is 11.1 Å². The van der Waals surface area contributed by atoms with Gasteiger partial charge in [-0.05, 0) is 29.3 Å². The monoisotopic (exact) mass is 272 g/mol. The molecule has 2 rings (SSSR count).